The van der Waals surface area contributed by atoms with Crippen molar-refractivity contribution in [1.29, 1.82) is 0 Å². The van der Waals surface area contributed by atoms with Crippen molar-refractivity contribution in [2.75, 3.05) is 6.61 Å². The van der Waals surface area contributed by atoms with Crippen molar-refractivity contribution in [3.63, 3.8) is 0 Å². The average Bonchev–Trinajstić information content (AvgIpc) is 2.76. The minimum absolute atomic E-state index is 0.0537. The monoisotopic (exact) mass is 471 g/mol. The molecule has 4 nitrogen and oxygen atoms in total. The summed E-state index contributed by atoms with van der Waals surface area (Å²) < 4.78 is 45.0. The van der Waals surface area contributed by atoms with Gasteiger partial charge in [-0.25, -0.2) is 4.79 Å². The van der Waals surface area contributed by atoms with Crippen LogP contribution < -0.4 is 5.32 Å². The van der Waals surface area contributed by atoms with Crippen LogP contribution in [0.1, 0.15) is 107 Å². The normalized spacial score (nSPS) is 12.6. The fraction of sp³-hybridized carbons (Fsp3) is 0.692. The van der Waals surface area contributed by atoms with E-state index in [0.29, 0.717) is 0 Å². The highest BCUT2D eigenvalue weighted by Crippen LogP contribution is 2.31. The summed E-state index contributed by atoms with van der Waals surface area (Å²) in [7, 11) is 0. The number of carbonyl (C=O) groups is 2. The first-order chi connectivity index (χ1) is 15.7. The number of alkyl halides is 3. The van der Waals surface area contributed by atoms with Crippen LogP contribution >= 0.6 is 0 Å². The van der Waals surface area contributed by atoms with Gasteiger partial charge in [0.25, 0.3) is 5.91 Å². The Balaban J connectivity index is 2.46. The molecule has 0 saturated heterocycles. The maximum atomic E-state index is 13.2. The van der Waals surface area contributed by atoms with Crippen LogP contribution in [0.5, 0.6) is 0 Å². The second-order valence-electron chi connectivity index (χ2n) is 9.05. The van der Waals surface area contributed by atoms with Gasteiger partial charge in [0, 0.05) is 0 Å². The van der Waals surface area contributed by atoms with Crippen LogP contribution in [-0.4, -0.2) is 24.5 Å². The molecular weight excluding hydrogens is 431 g/mol. The maximum Gasteiger partial charge on any atom is 0.417 e. The van der Waals surface area contributed by atoms with Crippen LogP contribution in [0, 0.1) is 5.92 Å². The van der Waals surface area contributed by atoms with Crippen LogP contribution in [0.15, 0.2) is 24.3 Å². The highest BCUT2D eigenvalue weighted by molar-refractivity contribution is 5.98. The molecule has 0 aromatic heterocycles. The number of hydrogen-bond donors (Lipinski definition) is 1. The average molecular weight is 472 g/mol. The third-order valence-electron chi connectivity index (χ3n) is 5.52. The maximum absolute atomic E-state index is 13.2. The van der Waals surface area contributed by atoms with Gasteiger partial charge in [-0.2, -0.15) is 13.2 Å². The van der Waals surface area contributed by atoms with E-state index in [0.717, 1.165) is 31.4 Å². The van der Waals surface area contributed by atoms with Gasteiger partial charge in [0.05, 0.1) is 17.7 Å². The van der Waals surface area contributed by atoms with Crippen molar-refractivity contribution < 1.29 is 27.5 Å². The molecule has 0 radical (unpaired) electrons. The molecule has 0 saturated carbocycles. The topological polar surface area (TPSA) is 55.4 Å². The molecule has 0 aliphatic heterocycles. The molecule has 0 heterocycles. The van der Waals surface area contributed by atoms with Gasteiger partial charge in [-0.05, 0) is 30.9 Å². The lowest BCUT2D eigenvalue weighted by Gasteiger charge is -2.20. The summed E-state index contributed by atoms with van der Waals surface area (Å²) in [4.78, 5) is 25.1. The van der Waals surface area contributed by atoms with E-state index >= 15 is 0 Å². The van der Waals surface area contributed by atoms with Crippen molar-refractivity contribution in [3.8, 4) is 0 Å². The number of benzene rings is 1. The van der Waals surface area contributed by atoms with Gasteiger partial charge in [-0.1, -0.05) is 90.7 Å². The molecule has 0 fully saturated rings. The Morgan fingerprint density at radius 3 is 2.00 bits per heavy atom. The van der Waals surface area contributed by atoms with Gasteiger partial charge < -0.3 is 10.1 Å². The number of hydrogen-bond acceptors (Lipinski definition) is 3. The van der Waals surface area contributed by atoms with Crippen LogP contribution in [0.3, 0.4) is 0 Å². The quantitative estimate of drug-likeness (QED) is 0.203. The van der Waals surface area contributed by atoms with Gasteiger partial charge in [0.1, 0.15) is 6.04 Å². The standard InChI is InChI=1S/C26H40F3NO3/c1-4-5-6-7-8-9-10-11-12-15-18-33-25(32)23(19-20(2)3)30-24(31)21-16-13-14-17-22(21)26(27,28)29/h13-14,16-17,20,23H,4-12,15,18-19H2,1-3H3,(H,30,31). The molecule has 1 unspecified atom stereocenters. The fourth-order valence-corrected chi connectivity index (χ4v) is 3.71. The first kappa shape index (κ1) is 29.0. The van der Waals surface area contributed by atoms with Gasteiger partial charge in [0.2, 0.25) is 0 Å². The third kappa shape index (κ3) is 12.1. The van der Waals surface area contributed by atoms with E-state index in [2.05, 4.69) is 12.2 Å². The fourth-order valence-electron chi connectivity index (χ4n) is 3.71. The molecule has 0 aliphatic carbocycles. The Labute approximate surface area is 196 Å². The van der Waals surface area contributed by atoms with Gasteiger partial charge in [-0.3, -0.25) is 4.79 Å². The molecule has 1 aromatic carbocycles. The van der Waals surface area contributed by atoms with Crippen LogP contribution in [0.2, 0.25) is 0 Å². The number of halogens is 3. The molecule has 33 heavy (non-hydrogen) atoms. The van der Waals surface area contributed by atoms with Crippen molar-refractivity contribution in [2.24, 2.45) is 5.92 Å². The Kier molecular flexibility index (Phi) is 13.8. The molecule has 1 amide bonds. The third-order valence-corrected chi connectivity index (χ3v) is 5.52. The Morgan fingerprint density at radius 1 is 0.909 bits per heavy atom. The first-order valence-corrected chi connectivity index (χ1v) is 12.3. The lowest BCUT2D eigenvalue weighted by Crippen LogP contribution is -2.43. The summed E-state index contributed by atoms with van der Waals surface area (Å²) in [5.74, 6) is -1.47. The molecule has 0 aliphatic rings. The van der Waals surface area contributed by atoms with Crippen LogP contribution in [-0.2, 0) is 15.7 Å². The smallest absolute Gasteiger partial charge is 0.417 e. The van der Waals surface area contributed by atoms with Crippen molar-refractivity contribution in [3.05, 3.63) is 35.4 Å². The van der Waals surface area contributed by atoms with Crippen molar-refractivity contribution in [2.45, 2.75) is 104 Å². The summed E-state index contributed by atoms with van der Waals surface area (Å²) in [6.07, 6.45) is 7.24. The van der Waals surface area contributed by atoms with E-state index in [-0.39, 0.29) is 18.9 Å². The summed E-state index contributed by atoms with van der Waals surface area (Å²) in [5, 5.41) is 2.45. The zero-order chi connectivity index (χ0) is 24.7. The molecule has 1 N–H and O–H groups in total. The minimum Gasteiger partial charge on any atom is -0.464 e. The molecule has 0 bridgehead atoms. The van der Waals surface area contributed by atoms with Crippen LogP contribution in [0.4, 0.5) is 13.2 Å². The first-order valence-electron chi connectivity index (χ1n) is 12.3. The zero-order valence-electron chi connectivity index (χ0n) is 20.3. The molecule has 0 spiro atoms. The number of ether oxygens (including phenoxy) is 1. The largest absolute Gasteiger partial charge is 0.464 e. The van der Waals surface area contributed by atoms with Gasteiger partial charge in [0.15, 0.2) is 0 Å². The summed E-state index contributed by atoms with van der Waals surface area (Å²) in [5.41, 5.74) is -1.52. The Bertz CT molecular complexity index is 704. The Morgan fingerprint density at radius 2 is 1.45 bits per heavy atom. The highest BCUT2D eigenvalue weighted by Gasteiger charge is 2.35. The second-order valence-corrected chi connectivity index (χ2v) is 9.05. The number of rotatable bonds is 16. The number of unbranched alkanes of at least 4 members (excludes halogenated alkanes) is 9. The van der Waals surface area contributed by atoms with Crippen molar-refractivity contribution in [1.82, 2.24) is 5.32 Å². The zero-order valence-corrected chi connectivity index (χ0v) is 20.3. The van der Waals surface area contributed by atoms with Crippen molar-refractivity contribution >= 4 is 11.9 Å². The molecule has 1 rings (SSSR count). The lowest BCUT2D eigenvalue weighted by atomic mass is 10.0. The molecule has 1 aromatic rings. The predicted molar refractivity (Wildman–Crippen MR) is 125 cm³/mol. The van der Waals surface area contributed by atoms with E-state index < -0.39 is 35.2 Å². The molecular formula is C26H40F3NO3. The summed E-state index contributed by atoms with van der Waals surface area (Å²) in [6.45, 7) is 6.20. The van der Waals surface area contributed by atoms with E-state index in [9.17, 15) is 22.8 Å². The van der Waals surface area contributed by atoms with E-state index in [1.54, 1.807) is 0 Å². The van der Waals surface area contributed by atoms with Gasteiger partial charge >= 0.3 is 12.1 Å². The summed E-state index contributed by atoms with van der Waals surface area (Å²) in [6, 6.07) is 3.58. The molecule has 7 heteroatoms. The van der Waals surface area contributed by atoms with Gasteiger partial charge in [-0.15, -0.1) is 0 Å². The number of nitrogens with one attached hydrogen (secondary N) is 1. The SMILES string of the molecule is CCCCCCCCCCCCOC(=O)C(CC(C)C)NC(=O)c1ccccc1C(F)(F)F. The number of amides is 1. The van der Waals surface area contributed by atoms with Crippen LogP contribution in [0.25, 0.3) is 0 Å². The highest BCUT2D eigenvalue weighted by atomic mass is 19.4. The summed E-state index contributed by atoms with van der Waals surface area (Å²) >= 11 is 0. The van der Waals surface area contributed by atoms with E-state index in [4.69, 9.17) is 4.74 Å². The second kappa shape index (κ2) is 15.7. The molecule has 1 atom stereocenters. The lowest BCUT2D eigenvalue weighted by molar-refractivity contribution is -0.146. The minimum atomic E-state index is -4.66. The van der Waals surface area contributed by atoms with E-state index in [1.807, 2.05) is 13.8 Å². The Hall–Kier alpha value is -2.05. The predicted octanol–water partition coefficient (Wildman–Crippen LogP) is 7.31. The molecule has 188 valence electrons. The number of esters is 1. The van der Waals surface area contributed by atoms with E-state index in [1.165, 1.54) is 57.1 Å². The number of carbonyl (C=O) groups excluding carboxylic acids is 2.